The van der Waals surface area contributed by atoms with Gasteiger partial charge in [-0.05, 0) is 53.3 Å². The molecule has 0 aliphatic heterocycles. The first-order valence-electron chi connectivity index (χ1n) is 13.8. The van der Waals surface area contributed by atoms with Crippen molar-refractivity contribution in [2.24, 2.45) is 0 Å². The molecule has 0 unspecified atom stereocenters. The van der Waals surface area contributed by atoms with Crippen molar-refractivity contribution in [3.05, 3.63) is 94.3 Å². The van der Waals surface area contributed by atoms with Crippen LogP contribution in [-0.2, 0) is 15.4 Å². The largest absolute Gasteiger partial charge is 0.492 e. The monoisotopic (exact) mass is 638 g/mol. The van der Waals surface area contributed by atoms with Gasteiger partial charge >= 0.3 is 0 Å². The topological polar surface area (TPSA) is 144 Å². The lowest BCUT2D eigenvalue weighted by Gasteiger charge is -2.24. The molecule has 0 aliphatic carbocycles. The molecule has 1 heterocycles. The van der Waals surface area contributed by atoms with Gasteiger partial charge in [-0.15, -0.1) is 5.10 Å². The summed E-state index contributed by atoms with van der Waals surface area (Å²) >= 11 is 6.47. The molecule has 0 saturated heterocycles. The predicted octanol–water partition coefficient (Wildman–Crippen LogP) is 5.73. The van der Waals surface area contributed by atoms with E-state index in [1.165, 1.54) is 36.2 Å². The maximum absolute atomic E-state index is 13.5. The number of ether oxygens (including phenoxy) is 1. The third-order valence-electron chi connectivity index (χ3n) is 6.80. The second kappa shape index (κ2) is 13.1. The van der Waals surface area contributed by atoms with Crippen LogP contribution in [0, 0.1) is 0 Å². The molecule has 0 saturated carbocycles. The second-order valence-electron chi connectivity index (χ2n) is 11.2. The molecule has 4 rings (SSSR count). The summed E-state index contributed by atoms with van der Waals surface area (Å²) in [5.74, 6) is -0.760. The summed E-state index contributed by atoms with van der Waals surface area (Å²) in [6.45, 7) is 7.87. The zero-order valence-electron chi connectivity index (χ0n) is 25.3. The van der Waals surface area contributed by atoms with Crippen molar-refractivity contribution < 1.29 is 22.7 Å². The predicted molar refractivity (Wildman–Crippen MR) is 171 cm³/mol. The molecule has 0 fully saturated rings. The molecule has 3 aromatic carbocycles. The number of sulfonamides is 1. The Labute approximate surface area is 262 Å². The maximum atomic E-state index is 13.5. The first kappa shape index (κ1) is 32.5. The summed E-state index contributed by atoms with van der Waals surface area (Å²) in [5, 5.41) is 14.2. The molecule has 3 N–H and O–H groups in total. The highest BCUT2D eigenvalue weighted by Crippen LogP contribution is 2.39. The van der Waals surface area contributed by atoms with Crippen molar-refractivity contribution in [3.8, 4) is 11.4 Å². The number of nitrogens with zero attached hydrogens (tertiary/aromatic N) is 3. The van der Waals surface area contributed by atoms with Crippen molar-refractivity contribution >= 4 is 44.8 Å². The van der Waals surface area contributed by atoms with Crippen LogP contribution in [0.4, 0.5) is 11.4 Å². The smallest absolute Gasteiger partial charge is 0.273 e. The van der Waals surface area contributed by atoms with Crippen LogP contribution in [0.15, 0.2) is 66.9 Å². The normalized spacial score (nSPS) is 12.3. The maximum Gasteiger partial charge on any atom is 0.273 e. The molecule has 0 aliphatic rings. The molecular formula is C31H35ClN6O5S. The van der Waals surface area contributed by atoms with E-state index in [1.54, 1.807) is 12.1 Å². The molecule has 4 aromatic rings. The summed E-state index contributed by atoms with van der Waals surface area (Å²) in [6, 6.07) is 17.4. The molecule has 0 radical (unpaired) electrons. The quantitative estimate of drug-likeness (QED) is 0.201. The van der Waals surface area contributed by atoms with Gasteiger partial charge in [0.2, 0.25) is 10.0 Å². The van der Waals surface area contributed by atoms with E-state index in [0.29, 0.717) is 12.1 Å². The average Bonchev–Trinajstić information content (AvgIpc) is 3.45. The molecule has 1 atom stereocenters. The van der Waals surface area contributed by atoms with E-state index in [-0.39, 0.29) is 44.9 Å². The lowest BCUT2D eigenvalue weighted by Crippen LogP contribution is -2.28. The van der Waals surface area contributed by atoms with Gasteiger partial charge in [-0.2, -0.15) is 0 Å². The summed E-state index contributed by atoms with van der Waals surface area (Å²) in [5.41, 5.74) is 2.47. The molecule has 13 heteroatoms. The Kier molecular flexibility index (Phi) is 9.65. The summed E-state index contributed by atoms with van der Waals surface area (Å²) in [7, 11) is -2.25. The van der Waals surface area contributed by atoms with Gasteiger partial charge < -0.3 is 15.4 Å². The van der Waals surface area contributed by atoms with Gasteiger partial charge in [0, 0.05) is 5.56 Å². The Bertz CT molecular complexity index is 1780. The molecule has 1 aromatic heterocycles. The fourth-order valence-electron chi connectivity index (χ4n) is 4.50. The number of hydrogen-bond donors (Lipinski definition) is 3. The number of aromatic nitrogens is 3. The van der Waals surface area contributed by atoms with Crippen molar-refractivity contribution in [1.29, 1.82) is 0 Å². The van der Waals surface area contributed by atoms with Crippen molar-refractivity contribution in [3.63, 3.8) is 0 Å². The minimum atomic E-state index is -3.64. The number of carbonyl (C=O) groups is 2. The first-order chi connectivity index (χ1) is 20.7. The number of amides is 2. The number of benzene rings is 3. The molecule has 2 amide bonds. The van der Waals surface area contributed by atoms with Gasteiger partial charge in [-0.25, -0.2) is 13.1 Å². The second-order valence-corrected chi connectivity index (χ2v) is 13.4. The summed E-state index contributed by atoms with van der Waals surface area (Å²) in [4.78, 5) is 26.5. The minimum Gasteiger partial charge on any atom is -0.492 e. The molecule has 0 bridgehead atoms. The standard InChI is InChI=1S/C31H35ClN6O5S/c1-7-23(19-11-9-8-10-12-19)33-30(40)26-18-38(37-35-26)27-15-20(13-14-22(27)32)29(39)34-24-16-21(31(2,3)4)17-25(28(24)43-5)36-44(6,41)42/h8-18,23,36H,7H2,1-6H3,(H,33,40)(H,34,39)/t23-/m1/s1. The van der Waals surface area contributed by atoms with Crippen LogP contribution in [-0.4, -0.2) is 48.6 Å². The van der Waals surface area contributed by atoms with E-state index in [4.69, 9.17) is 16.3 Å². The molecule has 232 valence electrons. The lowest BCUT2D eigenvalue weighted by atomic mass is 9.86. The number of anilines is 2. The number of rotatable bonds is 10. The molecule has 0 spiro atoms. The van der Waals surface area contributed by atoms with Crippen LogP contribution in [0.3, 0.4) is 0 Å². The number of halogens is 1. The van der Waals surface area contributed by atoms with Gasteiger partial charge in [-0.3, -0.25) is 14.3 Å². The van der Waals surface area contributed by atoms with Crippen molar-refractivity contribution in [2.45, 2.75) is 45.6 Å². The highest BCUT2D eigenvalue weighted by atomic mass is 35.5. The number of carbonyl (C=O) groups excluding carboxylic acids is 2. The van der Waals surface area contributed by atoms with E-state index >= 15 is 0 Å². The highest BCUT2D eigenvalue weighted by molar-refractivity contribution is 7.92. The average molecular weight is 639 g/mol. The minimum absolute atomic E-state index is 0.0833. The number of nitrogens with one attached hydrogen (secondary N) is 3. The van der Waals surface area contributed by atoms with Crippen molar-refractivity contribution in [1.82, 2.24) is 20.3 Å². The summed E-state index contributed by atoms with van der Waals surface area (Å²) < 4.78 is 33.4. The van der Waals surface area contributed by atoms with Crippen LogP contribution < -0.4 is 20.1 Å². The van der Waals surface area contributed by atoms with Crippen LogP contribution in [0.1, 0.15) is 72.1 Å². The van der Waals surface area contributed by atoms with Gasteiger partial charge in [-0.1, -0.05) is 74.8 Å². The van der Waals surface area contributed by atoms with E-state index in [2.05, 4.69) is 25.7 Å². The molecular weight excluding hydrogens is 604 g/mol. The zero-order valence-corrected chi connectivity index (χ0v) is 26.9. The first-order valence-corrected chi connectivity index (χ1v) is 16.1. The van der Waals surface area contributed by atoms with Gasteiger partial charge in [0.1, 0.15) is 0 Å². The van der Waals surface area contributed by atoms with Gasteiger partial charge in [0.15, 0.2) is 11.4 Å². The van der Waals surface area contributed by atoms with E-state index in [1.807, 2.05) is 58.0 Å². The van der Waals surface area contributed by atoms with Crippen LogP contribution >= 0.6 is 11.6 Å². The lowest BCUT2D eigenvalue weighted by molar-refractivity contribution is 0.0929. The zero-order chi connectivity index (χ0) is 32.2. The van der Waals surface area contributed by atoms with E-state index < -0.39 is 21.8 Å². The van der Waals surface area contributed by atoms with Crippen LogP contribution in [0.2, 0.25) is 5.02 Å². The summed E-state index contributed by atoms with van der Waals surface area (Å²) in [6.07, 6.45) is 3.16. The van der Waals surface area contributed by atoms with Gasteiger partial charge in [0.05, 0.1) is 47.7 Å². The third-order valence-corrected chi connectivity index (χ3v) is 7.71. The number of methoxy groups -OCH3 is 1. The Morgan fingerprint density at radius 1 is 1.02 bits per heavy atom. The SMILES string of the molecule is CC[C@@H](NC(=O)c1cn(-c2cc(C(=O)Nc3cc(C(C)(C)C)cc(NS(C)(=O)=O)c3OC)ccc2Cl)nn1)c1ccccc1. The molecule has 44 heavy (non-hydrogen) atoms. The van der Waals surface area contributed by atoms with E-state index in [0.717, 1.165) is 17.4 Å². The van der Waals surface area contributed by atoms with Crippen molar-refractivity contribution in [2.75, 3.05) is 23.4 Å². The third kappa shape index (κ3) is 7.74. The Hall–Kier alpha value is -4.42. The Morgan fingerprint density at radius 2 is 1.70 bits per heavy atom. The van der Waals surface area contributed by atoms with Crippen LogP contribution in [0.25, 0.3) is 5.69 Å². The van der Waals surface area contributed by atoms with Gasteiger partial charge in [0.25, 0.3) is 11.8 Å². The Morgan fingerprint density at radius 3 is 2.32 bits per heavy atom. The van der Waals surface area contributed by atoms with E-state index in [9.17, 15) is 18.0 Å². The fraction of sp³-hybridized carbons (Fsp3) is 0.290. The van der Waals surface area contributed by atoms with Crippen LogP contribution in [0.5, 0.6) is 5.75 Å². The Balaban J connectivity index is 1.62. The highest BCUT2D eigenvalue weighted by Gasteiger charge is 2.23. The molecule has 11 nitrogen and oxygen atoms in total. The fourth-order valence-corrected chi connectivity index (χ4v) is 5.25. The number of hydrogen-bond acceptors (Lipinski definition) is 7.